The molecule has 0 radical (unpaired) electrons. The lowest BCUT2D eigenvalue weighted by atomic mass is 9.96. The number of phenolic OH excluding ortho intramolecular Hbond substituents is 1. The summed E-state index contributed by atoms with van der Waals surface area (Å²) in [6.45, 7) is 2.17. The van der Waals surface area contributed by atoms with Gasteiger partial charge >= 0.3 is 0 Å². The number of nitrogens with one attached hydrogen (secondary N) is 1. The summed E-state index contributed by atoms with van der Waals surface area (Å²) in [6, 6.07) is 6.67. The zero-order valence-electron chi connectivity index (χ0n) is 11.8. The van der Waals surface area contributed by atoms with Crippen LogP contribution in [0.1, 0.15) is 18.7 Å². The zero-order valence-corrected chi connectivity index (χ0v) is 11.8. The van der Waals surface area contributed by atoms with E-state index in [0.717, 1.165) is 25.3 Å². The fourth-order valence-corrected chi connectivity index (χ4v) is 2.54. The maximum absolute atomic E-state index is 9.40. The van der Waals surface area contributed by atoms with E-state index in [4.69, 9.17) is 4.74 Å². The van der Waals surface area contributed by atoms with Crippen molar-refractivity contribution in [1.29, 1.82) is 0 Å². The van der Waals surface area contributed by atoms with E-state index >= 15 is 0 Å². The lowest BCUT2D eigenvalue weighted by Gasteiger charge is -2.21. The molecule has 110 valence electrons. The number of ether oxygens (including phenoxy) is 1. The van der Waals surface area contributed by atoms with E-state index in [1.54, 1.807) is 36.7 Å². The number of aromatic nitrogens is 2. The largest absolute Gasteiger partial charge is 0.508 e. The molecule has 0 bridgehead atoms. The molecule has 2 heterocycles. The molecule has 5 nitrogen and oxygen atoms in total. The molecule has 1 aliphatic heterocycles. The van der Waals surface area contributed by atoms with E-state index in [-0.39, 0.29) is 5.75 Å². The maximum Gasteiger partial charge on any atom is 0.164 e. The molecule has 0 saturated carbocycles. The monoisotopic (exact) mass is 285 g/mol. The Morgan fingerprint density at radius 3 is 2.81 bits per heavy atom. The highest BCUT2D eigenvalue weighted by Gasteiger charge is 2.14. The van der Waals surface area contributed by atoms with Crippen LogP contribution in [0.15, 0.2) is 36.7 Å². The van der Waals surface area contributed by atoms with Crippen LogP contribution < -0.4 is 10.1 Å². The Bertz CT molecular complexity index is 580. The van der Waals surface area contributed by atoms with Crippen LogP contribution >= 0.6 is 0 Å². The molecule has 0 spiro atoms. The predicted octanol–water partition coefficient (Wildman–Crippen LogP) is 2.52. The van der Waals surface area contributed by atoms with Crippen LogP contribution in [0.4, 0.5) is 0 Å². The maximum atomic E-state index is 9.40. The lowest BCUT2D eigenvalue weighted by molar-refractivity contribution is 0.370. The van der Waals surface area contributed by atoms with E-state index in [2.05, 4.69) is 15.3 Å². The molecular formula is C16H19N3O2. The van der Waals surface area contributed by atoms with Crippen molar-refractivity contribution < 1.29 is 9.84 Å². The smallest absolute Gasteiger partial charge is 0.164 e. The van der Waals surface area contributed by atoms with Gasteiger partial charge in [0.05, 0.1) is 12.4 Å². The van der Waals surface area contributed by atoms with Crippen molar-refractivity contribution in [3.05, 3.63) is 42.5 Å². The van der Waals surface area contributed by atoms with Gasteiger partial charge in [-0.25, -0.2) is 9.97 Å². The number of aromatic hydroxyl groups is 1. The van der Waals surface area contributed by atoms with E-state index in [1.165, 1.54) is 12.8 Å². The van der Waals surface area contributed by atoms with E-state index in [0.29, 0.717) is 17.4 Å². The molecule has 1 aromatic carbocycles. The minimum absolute atomic E-state index is 0.176. The summed E-state index contributed by atoms with van der Waals surface area (Å²) >= 11 is 0. The minimum atomic E-state index is 0.176. The van der Waals surface area contributed by atoms with Gasteiger partial charge in [-0.15, -0.1) is 0 Å². The van der Waals surface area contributed by atoms with E-state index < -0.39 is 0 Å². The van der Waals surface area contributed by atoms with Crippen LogP contribution in [0.2, 0.25) is 0 Å². The Morgan fingerprint density at radius 2 is 2.10 bits per heavy atom. The molecule has 1 saturated heterocycles. The first-order valence-corrected chi connectivity index (χ1v) is 7.28. The molecule has 0 amide bonds. The highest BCUT2D eigenvalue weighted by molar-refractivity contribution is 5.34. The van der Waals surface area contributed by atoms with Crippen LogP contribution in [-0.4, -0.2) is 28.2 Å². The van der Waals surface area contributed by atoms with E-state index in [1.807, 2.05) is 0 Å². The fraction of sp³-hybridized carbons (Fsp3) is 0.375. The first-order valence-electron chi connectivity index (χ1n) is 7.28. The number of phenols is 1. The van der Waals surface area contributed by atoms with Crippen molar-refractivity contribution in [1.82, 2.24) is 15.3 Å². The van der Waals surface area contributed by atoms with Gasteiger partial charge in [0.25, 0.3) is 0 Å². The van der Waals surface area contributed by atoms with Crippen LogP contribution in [0, 0.1) is 5.92 Å². The first-order chi connectivity index (χ1) is 10.3. The second-order valence-corrected chi connectivity index (χ2v) is 5.35. The van der Waals surface area contributed by atoms with Gasteiger partial charge in [0.1, 0.15) is 17.3 Å². The molecule has 3 rings (SSSR count). The normalized spacial score (nSPS) is 18.4. The number of hydrogen-bond acceptors (Lipinski definition) is 5. The zero-order chi connectivity index (χ0) is 14.5. The van der Waals surface area contributed by atoms with Gasteiger partial charge in [0.15, 0.2) is 5.75 Å². The third-order valence-electron chi connectivity index (χ3n) is 3.61. The summed E-state index contributed by atoms with van der Waals surface area (Å²) in [5.41, 5.74) is 0. The second-order valence-electron chi connectivity index (χ2n) is 5.35. The molecule has 0 aliphatic carbocycles. The average Bonchev–Trinajstić information content (AvgIpc) is 2.50. The number of nitrogens with zero attached hydrogens (tertiary/aromatic N) is 2. The van der Waals surface area contributed by atoms with Crippen LogP contribution in [0.3, 0.4) is 0 Å². The van der Waals surface area contributed by atoms with Gasteiger partial charge in [0, 0.05) is 12.5 Å². The Hall–Kier alpha value is -2.14. The number of benzene rings is 1. The second kappa shape index (κ2) is 6.54. The third kappa shape index (κ3) is 3.92. The van der Waals surface area contributed by atoms with Crippen molar-refractivity contribution in [3.63, 3.8) is 0 Å². The van der Waals surface area contributed by atoms with Crippen LogP contribution in [0.25, 0.3) is 0 Å². The van der Waals surface area contributed by atoms with E-state index in [9.17, 15) is 5.11 Å². The summed E-state index contributed by atoms with van der Waals surface area (Å²) < 4.78 is 5.61. The molecule has 1 fully saturated rings. The Labute approximate surface area is 124 Å². The third-order valence-corrected chi connectivity index (χ3v) is 3.61. The number of rotatable bonds is 4. The summed E-state index contributed by atoms with van der Waals surface area (Å²) in [5.74, 6) is 2.80. The van der Waals surface area contributed by atoms with Crippen LogP contribution in [0.5, 0.6) is 17.2 Å². The molecule has 21 heavy (non-hydrogen) atoms. The minimum Gasteiger partial charge on any atom is -0.508 e. The van der Waals surface area contributed by atoms with Gasteiger partial charge in [-0.05, 0) is 44.0 Å². The first kappa shape index (κ1) is 13.8. The summed E-state index contributed by atoms with van der Waals surface area (Å²) in [5, 5.41) is 12.8. The molecule has 1 aliphatic rings. The molecule has 2 N–H and O–H groups in total. The Balaban J connectivity index is 1.61. The average molecular weight is 285 g/mol. The van der Waals surface area contributed by atoms with Crippen molar-refractivity contribution >= 4 is 0 Å². The van der Waals surface area contributed by atoms with Gasteiger partial charge < -0.3 is 15.2 Å². The van der Waals surface area contributed by atoms with Gasteiger partial charge in [-0.2, -0.15) is 0 Å². The molecule has 1 aromatic heterocycles. The summed E-state index contributed by atoms with van der Waals surface area (Å²) in [7, 11) is 0. The van der Waals surface area contributed by atoms with Gasteiger partial charge in [-0.3, -0.25) is 0 Å². The molecule has 5 heteroatoms. The van der Waals surface area contributed by atoms with Crippen molar-refractivity contribution in [2.24, 2.45) is 5.92 Å². The van der Waals surface area contributed by atoms with Crippen LogP contribution in [-0.2, 0) is 6.42 Å². The molecule has 1 unspecified atom stereocenters. The SMILES string of the molecule is Oc1cccc(Oc2cnc(CC3CCCNC3)nc2)c1. The standard InChI is InChI=1S/C16H19N3O2/c20-13-4-1-5-14(8-13)21-15-10-18-16(19-11-15)7-12-3-2-6-17-9-12/h1,4-5,8,10-12,17,20H,2-3,6-7,9H2. The topological polar surface area (TPSA) is 67.3 Å². The Kier molecular flexibility index (Phi) is 4.31. The van der Waals surface area contributed by atoms with Gasteiger partial charge in [-0.1, -0.05) is 6.07 Å². The van der Waals surface area contributed by atoms with Crippen molar-refractivity contribution in [2.75, 3.05) is 13.1 Å². The lowest BCUT2D eigenvalue weighted by Crippen LogP contribution is -2.31. The quantitative estimate of drug-likeness (QED) is 0.903. The molecular weight excluding hydrogens is 266 g/mol. The van der Waals surface area contributed by atoms with Crippen molar-refractivity contribution in [2.45, 2.75) is 19.3 Å². The summed E-state index contributed by atoms with van der Waals surface area (Å²) in [4.78, 5) is 8.73. The Morgan fingerprint density at radius 1 is 1.24 bits per heavy atom. The van der Waals surface area contributed by atoms with Gasteiger partial charge in [0.2, 0.25) is 0 Å². The highest BCUT2D eigenvalue weighted by atomic mass is 16.5. The predicted molar refractivity (Wildman–Crippen MR) is 79.5 cm³/mol. The highest BCUT2D eigenvalue weighted by Crippen LogP contribution is 2.23. The number of hydrogen-bond donors (Lipinski definition) is 2. The fourth-order valence-electron chi connectivity index (χ4n) is 2.54. The molecule has 2 aromatic rings. The number of piperidine rings is 1. The summed E-state index contributed by atoms with van der Waals surface area (Å²) in [6.07, 6.45) is 6.73. The molecule has 1 atom stereocenters. The van der Waals surface area contributed by atoms with Crippen molar-refractivity contribution in [3.8, 4) is 17.2 Å².